The van der Waals surface area contributed by atoms with Gasteiger partial charge in [0.25, 0.3) is 0 Å². The maximum atomic E-state index is 11.9. The monoisotopic (exact) mass is 222 g/mol. The quantitative estimate of drug-likeness (QED) is 0.530. The van der Waals surface area contributed by atoms with Crippen LogP contribution in [0.15, 0.2) is 0 Å². The molecule has 1 atom stereocenters. The maximum Gasteiger partial charge on any atom is 0.400 e. The molecule has 0 spiro atoms. The van der Waals surface area contributed by atoms with Gasteiger partial charge >= 0.3 is 12.4 Å². The zero-order valence-corrected chi connectivity index (χ0v) is 7.12. The summed E-state index contributed by atoms with van der Waals surface area (Å²) in [6, 6.07) is 0. The first-order valence-corrected chi connectivity index (χ1v) is 3.67. The van der Waals surface area contributed by atoms with Gasteiger partial charge in [-0.2, -0.15) is 26.3 Å². The third-order valence-electron chi connectivity index (χ3n) is 1.63. The van der Waals surface area contributed by atoms with Crippen LogP contribution in [-0.4, -0.2) is 18.6 Å². The van der Waals surface area contributed by atoms with E-state index in [4.69, 9.17) is 0 Å². The molecule has 0 aromatic rings. The molecule has 0 radical (unpaired) electrons. The van der Waals surface area contributed by atoms with Gasteiger partial charge in [-0.3, -0.25) is 0 Å². The lowest BCUT2D eigenvalue weighted by Gasteiger charge is -2.23. The fourth-order valence-corrected chi connectivity index (χ4v) is 0.880. The summed E-state index contributed by atoms with van der Waals surface area (Å²) in [5, 5.41) is 0. The summed E-state index contributed by atoms with van der Waals surface area (Å²) in [4.78, 5) is 9.96. The van der Waals surface area contributed by atoms with Crippen LogP contribution in [0, 0.1) is 11.8 Å². The Bertz CT molecular complexity index is 179. The van der Waals surface area contributed by atoms with E-state index in [0.29, 0.717) is 0 Å². The van der Waals surface area contributed by atoms with Crippen molar-refractivity contribution in [2.75, 3.05) is 0 Å². The van der Waals surface area contributed by atoms with E-state index in [1.54, 1.807) is 0 Å². The van der Waals surface area contributed by atoms with Crippen molar-refractivity contribution in [3.8, 4) is 0 Å². The van der Waals surface area contributed by atoms with Crippen LogP contribution in [0.1, 0.15) is 13.3 Å². The molecule has 0 aromatic carbocycles. The molecule has 84 valence electrons. The van der Waals surface area contributed by atoms with Gasteiger partial charge in [-0.05, 0) is 6.42 Å². The van der Waals surface area contributed by atoms with Gasteiger partial charge in [-0.1, -0.05) is 6.92 Å². The largest absolute Gasteiger partial charge is 0.400 e. The standard InChI is InChI=1S/C7H8F6O/c1-4(3-14)2-5(6(8,9)10)7(11,12)13/h3-5H,2H2,1H3. The average molecular weight is 222 g/mol. The SMILES string of the molecule is CC(C=O)CC(C(F)(F)F)C(F)(F)F. The summed E-state index contributed by atoms with van der Waals surface area (Å²) in [5.41, 5.74) is 0. The zero-order valence-electron chi connectivity index (χ0n) is 7.12. The number of hydrogen-bond donors (Lipinski definition) is 0. The molecule has 7 heteroatoms. The van der Waals surface area contributed by atoms with Gasteiger partial charge in [0, 0.05) is 5.92 Å². The minimum Gasteiger partial charge on any atom is -0.303 e. The van der Waals surface area contributed by atoms with E-state index in [9.17, 15) is 31.1 Å². The van der Waals surface area contributed by atoms with Crippen LogP contribution in [0.25, 0.3) is 0 Å². The third-order valence-corrected chi connectivity index (χ3v) is 1.63. The minimum absolute atomic E-state index is 0.0739. The summed E-state index contributed by atoms with van der Waals surface area (Å²) in [6.45, 7) is 1.01. The number of aldehydes is 1. The third kappa shape index (κ3) is 3.97. The van der Waals surface area contributed by atoms with Gasteiger partial charge < -0.3 is 4.79 Å². The molecule has 1 nitrogen and oxygen atoms in total. The fourth-order valence-electron chi connectivity index (χ4n) is 0.880. The highest BCUT2D eigenvalue weighted by Gasteiger charge is 2.56. The Hall–Kier alpha value is -0.750. The van der Waals surface area contributed by atoms with Crippen LogP contribution in [0.3, 0.4) is 0 Å². The molecule has 0 fully saturated rings. The molecule has 0 rings (SSSR count). The molecule has 0 aliphatic carbocycles. The topological polar surface area (TPSA) is 17.1 Å². The Labute approximate surface area is 76.1 Å². The molecule has 0 saturated carbocycles. The second-order valence-electron chi connectivity index (χ2n) is 2.98. The van der Waals surface area contributed by atoms with Crippen molar-refractivity contribution in [2.24, 2.45) is 11.8 Å². The van der Waals surface area contributed by atoms with Crippen LogP contribution in [0.4, 0.5) is 26.3 Å². The molecule has 0 aromatic heterocycles. The first-order chi connectivity index (χ1) is 6.09. The van der Waals surface area contributed by atoms with Crippen LogP contribution in [-0.2, 0) is 4.79 Å². The lowest BCUT2D eigenvalue weighted by atomic mass is 9.96. The second-order valence-corrected chi connectivity index (χ2v) is 2.98. The van der Waals surface area contributed by atoms with Crippen molar-refractivity contribution in [3.63, 3.8) is 0 Å². The van der Waals surface area contributed by atoms with Crippen LogP contribution in [0.5, 0.6) is 0 Å². The van der Waals surface area contributed by atoms with Crippen molar-refractivity contribution in [2.45, 2.75) is 25.7 Å². The lowest BCUT2D eigenvalue weighted by molar-refractivity contribution is -0.287. The van der Waals surface area contributed by atoms with E-state index in [2.05, 4.69) is 0 Å². The van der Waals surface area contributed by atoms with E-state index in [1.807, 2.05) is 0 Å². The molecule has 0 bridgehead atoms. The van der Waals surface area contributed by atoms with E-state index in [1.165, 1.54) is 0 Å². The molecule has 14 heavy (non-hydrogen) atoms. The highest BCUT2D eigenvalue weighted by atomic mass is 19.4. The highest BCUT2D eigenvalue weighted by molar-refractivity contribution is 5.52. The minimum atomic E-state index is -5.35. The Morgan fingerprint density at radius 1 is 1.07 bits per heavy atom. The molecule has 0 aliphatic heterocycles. The summed E-state index contributed by atoms with van der Waals surface area (Å²) in [5.74, 6) is -4.68. The van der Waals surface area contributed by atoms with Gasteiger partial charge in [-0.15, -0.1) is 0 Å². The Morgan fingerprint density at radius 2 is 1.43 bits per heavy atom. The number of carbonyl (C=O) groups excluding carboxylic acids is 1. The summed E-state index contributed by atoms with van der Waals surface area (Å²) < 4.78 is 71.3. The summed E-state index contributed by atoms with van der Waals surface area (Å²) >= 11 is 0. The Balaban J connectivity index is 4.67. The van der Waals surface area contributed by atoms with Gasteiger partial charge in [-0.25, -0.2) is 0 Å². The molecule has 0 aliphatic rings. The second kappa shape index (κ2) is 4.18. The molecule has 0 heterocycles. The molecule has 0 amide bonds. The van der Waals surface area contributed by atoms with Crippen LogP contribution in [0.2, 0.25) is 0 Å². The zero-order chi connectivity index (χ0) is 11.6. The molecule has 1 unspecified atom stereocenters. The first kappa shape index (κ1) is 13.2. The number of rotatable bonds is 3. The Morgan fingerprint density at radius 3 is 1.64 bits per heavy atom. The van der Waals surface area contributed by atoms with Crippen molar-refractivity contribution in [1.29, 1.82) is 0 Å². The number of halogens is 6. The predicted molar refractivity (Wildman–Crippen MR) is 35.4 cm³/mol. The first-order valence-electron chi connectivity index (χ1n) is 3.67. The van der Waals surface area contributed by atoms with Crippen molar-refractivity contribution in [1.82, 2.24) is 0 Å². The molecule has 0 N–H and O–H groups in total. The summed E-state index contributed by atoms with van der Waals surface area (Å²) in [6.07, 6.45) is -11.9. The average Bonchev–Trinajstić information content (AvgIpc) is 1.95. The van der Waals surface area contributed by atoms with Gasteiger partial charge in [0.15, 0.2) is 5.92 Å². The summed E-state index contributed by atoms with van der Waals surface area (Å²) in [7, 11) is 0. The predicted octanol–water partition coefficient (Wildman–Crippen LogP) is 2.95. The number of alkyl halides is 6. The number of hydrogen-bond acceptors (Lipinski definition) is 1. The van der Waals surface area contributed by atoms with E-state index in [-0.39, 0.29) is 6.29 Å². The van der Waals surface area contributed by atoms with Gasteiger partial charge in [0.2, 0.25) is 0 Å². The van der Waals surface area contributed by atoms with Gasteiger partial charge in [0.1, 0.15) is 6.29 Å². The normalized spacial score (nSPS) is 15.7. The molecular weight excluding hydrogens is 214 g/mol. The van der Waals surface area contributed by atoms with Crippen molar-refractivity contribution in [3.05, 3.63) is 0 Å². The molecule has 0 saturated heterocycles. The van der Waals surface area contributed by atoms with Crippen LogP contribution < -0.4 is 0 Å². The smallest absolute Gasteiger partial charge is 0.303 e. The molecular formula is C7H8F6O. The van der Waals surface area contributed by atoms with Crippen LogP contribution >= 0.6 is 0 Å². The fraction of sp³-hybridized carbons (Fsp3) is 0.857. The van der Waals surface area contributed by atoms with E-state index < -0.39 is 30.6 Å². The Kier molecular flexibility index (Phi) is 3.96. The van der Waals surface area contributed by atoms with E-state index in [0.717, 1.165) is 6.92 Å². The van der Waals surface area contributed by atoms with Gasteiger partial charge in [0.05, 0.1) is 0 Å². The lowest BCUT2D eigenvalue weighted by Crippen LogP contribution is -2.37. The van der Waals surface area contributed by atoms with E-state index >= 15 is 0 Å². The number of carbonyl (C=O) groups is 1. The van der Waals surface area contributed by atoms with Crippen molar-refractivity contribution < 1.29 is 31.1 Å². The van der Waals surface area contributed by atoms with Crippen molar-refractivity contribution >= 4 is 6.29 Å². The highest BCUT2D eigenvalue weighted by Crippen LogP contribution is 2.42. The maximum absolute atomic E-state index is 11.9.